The number of ether oxygens (including phenoxy) is 2. The van der Waals surface area contributed by atoms with Gasteiger partial charge >= 0.3 is 0 Å². The number of carbonyl (C=O) groups is 1. The zero-order valence-corrected chi connectivity index (χ0v) is 15.5. The summed E-state index contributed by atoms with van der Waals surface area (Å²) in [5.74, 6) is 4.69. The number of methoxy groups -OCH3 is 1. The van der Waals surface area contributed by atoms with Crippen LogP contribution in [0.25, 0.3) is 0 Å². The first kappa shape index (κ1) is 16.7. The maximum absolute atomic E-state index is 13.1. The van der Waals surface area contributed by atoms with Gasteiger partial charge in [0.1, 0.15) is 0 Å². The Bertz CT molecular complexity index is 629. The zero-order valence-electron chi connectivity index (χ0n) is 15.5. The van der Waals surface area contributed by atoms with E-state index in [1.807, 2.05) is 37.1 Å². The van der Waals surface area contributed by atoms with E-state index in [1.54, 1.807) is 7.11 Å². The van der Waals surface area contributed by atoms with Crippen molar-refractivity contribution in [2.24, 2.45) is 23.7 Å². The summed E-state index contributed by atoms with van der Waals surface area (Å²) >= 11 is 0. The molecule has 1 aromatic rings. The molecule has 0 atom stereocenters. The minimum absolute atomic E-state index is 0.110. The van der Waals surface area contributed by atoms with Crippen LogP contribution in [0.15, 0.2) is 18.2 Å². The average molecular weight is 343 g/mol. The molecule has 4 heteroatoms. The number of amides is 1. The second kappa shape index (κ2) is 6.54. The monoisotopic (exact) mass is 343 g/mol. The van der Waals surface area contributed by atoms with Gasteiger partial charge < -0.3 is 14.4 Å². The fourth-order valence-electron chi connectivity index (χ4n) is 5.94. The first-order chi connectivity index (χ1) is 12.1. The lowest BCUT2D eigenvalue weighted by Crippen LogP contribution is -2.56. The molecular formula is C21H29NO3. The molecule has 1 amide bonds. The summed E-state index contributed by atoms with van der Waals surface area (Å²) in [6.07, 6.45) is 6.72. The summed E-state index contributed by atoms with van der Waals surface area (Å²) in [6.45, 7) is 2.52. The molecule has 4 aliphatic rings. The predicted molar refractivity (Wildman–Crippen MR) is 97.1 cm³/mol. The van der Waals surface area contributed by atoms with Crippen LogP contribution in [0.5, 0.6) is 11.5 Å². The van der Waals surface area contributed by atoms with Crippen molar-refractivity contribution in [1.82, 2.24) is 4.90 Å². The van der Waals surface area contributed by atoms with E-state index in [-0.39, 0.29) is 5.91 Å². The van der Waals surface area contributed by atoms with Crippen LogP contribution in [0, 0.1) is 23.7 Å². The molecule has 0 N–H and O–H groups in total. The molecule has 0 unspecified atom stereocenters. The Balaban J connectivity index is 1.54. The largest absolute Gasteiger partial charge is 0.493 e. The lowest BCUT2D eigenvalue weighted by Gasteiger charge is -2.56. The van der Waals surface area contributed by atoms with E-state index < -0.39 is 0 Å². The molecule has 4 aliphatic carbocycles. The molecule has 0 spiro atoms. The molecule has 4 nitrogen and oxygen atoms in total. The first-order valence-electron chi connectivity index (χ1n) is 9.68. The van der Waals surface area contributed by atoms with Gasteiger partial charge in [0.05, 0.1) is 13.7 Å². The van der Waals surface area contributed by atoms with E-state index in [9.17, 15) is 4.79 Å². The smallest absolute Gasteiger partial charge is 0.254 e. The third kappa shape index (κ3) is 2.90. The molecule has 0 heterocycles. The van der Waals surface area contributed by atoms with E-state index in [1.165, 1.54) is 32.1 Å². The molecule has 0 aliphatic heterocycles. The van der Waals surface area contributed by atoms with E-state index in [0.717, 1.165) is 11.8 Å². The molecule has 5 rings (SSSR count). The lowest BCUT2D eigenvalue weighted by atomic mass is 9.54. The SMILES string of the molecule is CCOc1ccc(C(=O)N(C)C2C3CC4CC(C3)CC2C4)cc1OC. The zero-order chi connectivity index (χ0) is 17.6. The van der Waals surface area contributed by atoms with Crippen molar-refractivity contribution in [3.63, 3.8) is 0 Å². The Morgan fingerprint density at radius 2 is 1.72 bits per heavy atom. The van der Waals surface area contributed by atoms with Crippen LogP contribution < -0.4 is 9.47 Å². The van der Waals surface area contributed by atoms with Crippen molar-refractivity contribution in [3.05, 3.63) is 23.8 Å². The van der Waals surface area contributed by atoms with Gasteiger partial charge in [0.15, 0.2) is 11.5 Å². The average Bonchev–Trinajstić information content (AvgIpc) is 2.60. The first-order valence-corrected chi connectivity index (χ1v) is 9.68. The van der Waals surface area contributed by atoms with E-state index in [2.05, 4.69) is 0 Å². The summed E-state index contributed by atoms with van der Waals surface area (Å²) in [5.41, 5.74) is 0.691. The van der Waals surface area contributed by atoms with Crippen molar-refractivity contribution in [1.29, 1.82) is 0 Å². The molecule has 0 aromatic heterocycles. The number of hydrogen-bond donors (Lipinski definition) is 0. The second-order valence-corrected chi connectivity index (χ2v) is 8.14. The Labute approximate surface area is 150 Å². The highest BCUT2D eigenvalue weighted by Gasteiger charge is 2.50. The number of carbonyl (C=O) groups excluding carboxylic acids is 1. The van der Waals surface area contributed by atoms with Crippen LogP contribution >= 0.6 is 0 Å². The van der Waals surface area contributed by atoms with Gasteiger partial charge in [-0.05, 0) is 80.9 Å². The Kier molecular flexibility index (Phi) is 4.38. The quantitative estimate of drug-likeness (QED) is 0.811. The summed E-state index contributed by atoms with van der Waals surface area (Å²) < 4.78 is 11.0. The van der Waals surface area contributed by atoms with Crippen molar-refractivity contribution in [3.8, 4) is 11.5 Å². The van der Waals surface area contributed by atoms with Crippen LogP contribution in [-0.4, -0.2) is 37.6 Å². The van der Waals surface area contributed by atoms with Gasteiger partial charge in [-0.3, -0.25) is 4.79 Å². The summed E-state index contributed by atoms with van der Waals surface area (Å²) in [7, 11) is 3.62. The molecule has 0 saturated heterocycles. The Morgan fingerprint density at radius 3 is 2.28 bits per heavy atom. The molecule has 4 bridgehead atoms. The molecule has 1 aromatic carbocycles. The highest BCUT2D eigenvalue weighted by molar-refractivity contribution is 5.95. The van der Waals surface area contributed by atoms with Crippen LogP contribution in [0.2, 0.25) is 0 Å². The van der Waals surface area contributed by atoms with Crippen LogP contribution in [0.4, 0.5) is 0 Å². The van der Waals surface area contributed by atoms with Gasteiger partial charge in [-0.2, -0.15) is 0 Å². The maximum Gasteiger partial charge on any atom is 0.254 e. The van der Waals surface area contributed by atoms with E-state index in [0.29, 0.717) is 41.5 Å². The Morgan fingerprint density at radius 1 is 1.08 bits per heavy atom. The molecule has 4 fully saturated rings. The van der Waals surface area contributed by atoms with Gasteiger partial charge in [0.25, 0.3) is 5.91 Å². The van der Waals surface area contributed by atoms with E-state index in [4.69, 9.17) is 9.47 Å². The van der Waals surface area contributed by atoms with Crippen LogP contribution in [0.1, 0.15) is 49.4 Å². The normalized spacial score (nSPS) is 32.5. The standard InChI is InChI=1S/C21H29NO3/c1-4-25-18-6-5-15(12-19(18)24-3)21(23)22(2)20-16-8-13-7-14(10-16)11-17(20)9-13/h5-6,12-14,16-17,20H,4,7-11H2,1-3H3. The van der Waals surface area contributed by atoms with Gasteiger partial charge in [-0.25, -0.2) is 0 Å². The minimum Gasteiger partial charge on any atom is -0.493 e. The lowest BCUT2D eigenvalue weighted by molar-refractivity contribution is -0.0491. The highest BCUT2D eigenvalue weighted by Crippen LogP contribution is 2.55. The second-order valence-electron chi connectivity index (χ2n) is 8.14. The number of rotatable bonds is 5. The van der Waals surface area contributed by atoms with Gasteiger partial charge in [0, 0.05) is 18.7 Å². The van der Waals surface area contributed by atoms with Crippen molar-refractivity contribution in [2.75, 3.05) is 20.8 Å². The van der Waals surface area contributed by atoms with Gasteiger partial charge in [-0.15, -0.1) is 0 Å². The summed E-state index contributed by atoms with van der Waals surface area (Å²) in [5, 5.41) is 0. The fraction of sp³-hybridized carbons (Fsp3) is 0.667. The van der Waals surface area contributed by atoms with Gasteiger partial charge in [-0.1, -0.05) is 0 Å². The number of nitrogens with zero attached hydrogens (tertiary/aromatic N) is 1. The number of benzene rings is 1. The number of hydrogen-bond acceptors (Lipinski definition) is 3. The molecule has 0 radical (unpaired) electrons. The third-order valence-corrected chi connectivity index (χ3v) is 6.65. The Hall–Kier alpha value is -1.71. The van der Waals surface area contributed by atoms with E-state index >= 15 is 0 Å². The minimum atomic E-state index is 0.110. The summed E-state index contributed by atoms with van der Waals surface area (Å²) in [4.78, 5) is 15.2. The van der Waals surface area contributed by atoms with Crippen LogP contribution in [-0.2, 0) is 0 Å². The topological polar surface area (TPSA) is 38.8 Å². The van der Waals surface area contributed by atoms with Crippen molar-refractivity contribution < 1.29 is 14.3 Å². The molecule has 4 saturated carbocycles. The van der Waals surface area contributed by atoms with Crippen molar-refractivity contribution in [2.45, 2.75) is 45.1 Å². The third-order valence-electron chi connectivity index (χ3n) is 6.65. The fourth-order valence-corrected chi connectivity index (χ4v) is 5.94. The molecule has 136 valence electrons. The molecular weight excluding hydrogens is 314 g/mol. The molecule has 25 heavy (non-hydrogen) atoms. The van der Waals surface area contributed by atoms with Crippen LogP contribution in [0.3, 0.4) is 0 Å². The predicted octanol–water partition coefficient (Wildman–Crippen LogP) is 3.99. The van der Waals surface area contributed by atoms with Gasteiger partial charge in [0.2, 0.25) is 0 Å². The highest BCUT2D eigenvalue weighted by atomic mass is 16.5. The van der Waals surface area contributed by atoms with Crippen molar-refractivity contribution >= 4 is 5.91 Å². The maximum atomic E-state index is 13.1. The summed E-state index contributed by atoms with van der Waals surface area (Å²) in [6, 6.07) is 5.95.